The summed E-state index contributed by atoms with van der Waals surface area (Å²) in [6.07, 6.45) is -0.490. The molecule has 8 rings (SSSR count). The van der Waals surface area contributed by atoms with E-state index < -0.39 is 18.0 Å². The molecule has 6 aromatic rings. The lowest BCUT2D eigenvalue weighted by atomic mass is 9.87. The highest BCUT2D eigenvalue weighted by Crippen LogP contribution is 2.43. The Morgan fingerprint density at radius 1 is 0.581 bits per heavy atom. The van der Waals surface area contributed by atoms with E-state index in [1.165, 1.54) is 45.6 Å². The first-order valence-corrected chi connectivity index (χ1v) is 20.4. The highest BCUT2D eigenvalue weighted by molar-refractivity contribution is 6.02. The van der Waals surface area contributed by atoms with Crippen molar-refractivity contribution in [2.24, 2.45) is 0 Å². The molecule has 0 atom stereocenters. The predicted octanol–water partition coefficient (Wildman–Crippen LogP) is 10.6. The molecule has 0 saturated carbocycles. The van der Waals surface area contributed by atoms with Crippen LogP contribution in [0.4, 0.5) is 13.6 Å². The molecular weight excluding hydrogens is 791 g/mol. The number of nitrogens with one attached hydrogen (secondary N) is 1. The van der Waals surface area contributed by atoms with Crippen LogP contribution in [-0.2, 0) is 40.4 Å². The molecule has 4 heterocycles. The normalized spacial score (nSPS) is 12.7. The zero-order chi connectivity index (χ0) is 44.2. The average Bonchev–Trinajstić information content (AvgIpc) is 3.58. The predicted molar refractivity (Wildman–Crippen MR) is 233 cm³/mol. The number of nitrogens with zero attached hydrogens (tertiary/aromatic N) is 3. The van der Waals surface area contributed by atoms with Gasteiger partial charge in [-0.15, -0.1) is 0 Å². The maximum atomic E-state index is 13.8. The van der Waals surface area contributed by atoms with E-state index >= 15 is 0 Å². The topological polar surface area (TPSA) is 120 Å². The molecule has 0 radical (unpaired) electrons. The summed E-state index contributed by atoms with van der Waals surface area (Å²) in [4.78, 5) is 50.0. The van der Waals surface area contributed by atoms with Crippen LogP contribution in [0.15, 0.2) is 97.1 Å². The standard InChI is InChI=1S/C26H25FN2O4.C24H23FN2O2/c1-15(2)23-22(25(30)32-3)21(16-9-11-18(27)12-10-16)20-14-29(26(31)33-4)13-17-7-5-6-8-19(17)24(20)28-23;1-14(2)22-21(24(28)29-3)20(15-8-10-17(25)11-9-15)19-13-26-12-16-6-4-5-7-18(16)23(19)27-22/h5-12,15H,13-14H2,1-4H3;4-11,14,26H,12-13H2,1-3H3. The summed E-state index contributed by atoms with van der Waals surface area (Å²) in [5.74, 6) is -1.74. The highest BCUT2D eigenvalue weighted by atomic mass is 19.1. The van der Waals surface area contributed by atoms with Crippen LogP contribution in [0.1, 0.15) is 93.9 Å². The van der Waals surface area contributed by atoms with Gasteiger partial charge in [0.15, 0.2) is 0 Å². The van der Waals surface area contributed by atoms with Crippen molar-refractivity contribution in [3.8, 4) is 44.8 Å². The number of benzene rings is 4. The van der Waals surface area contributed by atoms with E-state index in [2.05, 4.69) is 17.4 Å². The van der Waals surface area contributed by atoms with Gasteiger partial charge in [0.1, 0.15) is 11.6 Å². The Morgan fingerprint density at radius 3 is 1.52 bits per heavy atom. The van der Waals surface area contributed by atoms with Crippen molar-refractivity contribution in [1.82, 2.24) is 20.2 Å². The summed E-state index contributed by atoms with van der Waals surface area (Å²) < 4.78 is 42.7. The largest absolute Gasteiger partial charge is 0.465 e. The fourth-order valence-electron chi connectivity index (χ4n) is 8.20. The molecule has 0 aliphatic carbocycles. The Hall–Kier alpha value is -6.79. The maximum Gasteiger partial charge on any atom is 0.410 e. The van der Waals surface area contributed by atoms with Gasteiger partial charge in [-0.1, -0.05) is 100 Å². The van der Waals surface area contributed by atoms with Gasteiger partial charge in [-0.2, -0.15) is 0 Å². The van der Waals surface area contributed by atoms with Gasteiger partial charge in [0, 0.05) is 46.5 Å². The molecule has 0 fully saturated rings. The first-order chi connectivity index (χ1) is 29.9. The lowest BCUT2D eigenvalue weighted by molar-refractivity contribution is 0.0590. The second-order valence-electron chi connectivity index (χ2n) is 15.7. The van der Waals surface area contributed by atoms with E-state index in [-0.39, 0.29) is 30.0 Å². The second kappa shape index (κ2) is 18.4. The summed E-state index contributed by atoms with van der Waals surface area (Å²) in [5, 5.41) is 3.45. The molecule has 1 amide bonds. The molecule has 0 spiro atoms. The smallest absolute Gasteiger partial charge is 0.410 e. The number of hydrogen-bond donors (Lipinski definition) is 1. The third kappa shape index (κ3) is 8.42. The lowest BCUT2D eigenvalue weighted by Gasteiger charge is -2.24. The van der Waals surface area contributed by atoms with Crippen LogP contribution in [-0.4, -0.2) is 54.2 Å². The number of rotatable bonds is 6. The number of amides is 1. The summed E-state index contributed by atoms with van der Waals surface area (Å²) >= 11 is 0. The fourth-order valence-corrected chi connectivity index (χ4v) is 8.20. The molecule has 10 nitrogen and oxygen atoms in total. The van der Waals surface area contributed by atoms with Crippen molar-refractivity contribution in [3.63, 3.8) is 0 Å². The Labute approximate surface area is 359 Å². The van der Waals surface area contributed by atoms with E-state index in [1.54, 1.807) is 29.2 Å². The van der Waals surface area contributed by atoms with E-state index in [1.807, 2.05) is 64.1 Å². The number of fused-ring (bicyclic) bond motifs is 6. The number of carbonyl (C=O) groups is 3. The highest BCUT2D eigenvalue weighted by Gasteiger charge is 2.33. The molecule has 318 valence electrons. The van der Waals surface area contributed by atoms with Crippen molar-refractivity contribution in [2.75, 3.05) is 21.3 Å². The van der Waals surface area contributed by atoms with Crippen LogP contribution in [0, 0.1) is 11.6 Å². The van der Waals surface area contributed by atoms with Gasteiger partial charge in [-0.05, 0) is 58.4 Å². The van der Waals surface area contributed by atoms with E-state index in [0.29, 0.717) is 64.5 Å². The fraction of sp³-hybridized carbons (Fsp3) is 0.260. The lowest BCUT2D eigenvalue weighted by Crippen LogP contribution is -2.29. The number of esters is 2. The molecule has 62 heavy (non-hydrogen) atoms. The number of halogens is 2. The number of methoxy groups -OCH3 is 3. The molecular formula is C50H48F2N4O6. The molecule has 2 aliphatic rings. The van der Waals surface area contributed by atoms with Gasteiger partial charge in [-0.3, -0.25) is 14.9 Å². The maximum absolute atomic E-state index is 13.8. The molecule has 0 saturated heterocycles. The SMILES string of the molecule is COC(=O)c1c(C(C)C)nc2c(c1-c1ccc(F)cc1)CN(C(=O)OC)Cc1ccccc1-2.COC(=O)c1c(C(C)C)nc2c(c1-c1ccc(F)cc1)CNCc1ccccc1-2. The van der Waals surface area contributed by atoms with Crippen molar-refractivity contribution in [1.29, 1.82) is 0 Å². The van der Waals surface area contributed by atoms with Gasteiger partial charge < -0.3 is 19.5 Å². The molecule has 0 bridgehead atoms. The first-order valence-electron chi connectivity index (χ1n) is 20.4. The second-order valence-corrected chi connectivity index (χ2v) is 15.7. The minimum Gasteiger partial charge on any atom is -0.465 e. The van der Waals surface area contributed by atoms with Crippen LogP contribution in [0.3, 0.4) is 0 Å². The van der Waals surface area contributed by atoms with Crippen LogP contribution < -0.4 is 5.32 Å². The zero-order valence-electron chi connectivity index (χ0n) is 35.8. The van der Waals surface area contributed by atoms with Gasteiger partial charge in [0.25, 0.3) is 0 Å². The number of pyridine rings is 2. The molecule has 4 aromatic carbocycles. The minimum atomic E-state index is -0.532. The first kappa shape index (κ1) is 43.3. The number of hydrogen-bond acceptors (Lipinski definition) is 9. The quantitative estimate of drug-likeness (QED) is 0.129. The molecule has 1 N–H and O–H groups in total. The summed E-state index contributed by atoms with van der Waals surface area (Å²) in [7, 11) is 4.03. The molecule has 12 heteroatoms. The zero-order valence-corrected chi connectivity index (χ0v) is 35.8. The minimum absolute atomic E-state index is 0.0111. The Bertz CT molecular complexity index is 2660. The number of carbonyl (C=O) groups excluding carboxylic acids is 3. The molecule has 0 unspecified atom stereocenters. The summed E-state index contributed by atoms with van der Waals surface area (Å²) in [6, 6.07) is 28.1. The van der Waals surface area contributed by atoms with Crippen LogP contribution in [0.2, 0.25) is 0 Å². The van der Waals surface area contributed by atoms with Crippen molar-refractivity contribution < 1.29 is 37.4 Å². The molecule has 2 aromatic heterocycles. The van der Waals surface area contributed by atoms with Crippen LogP contribution in [0.25, 0.3) is 44.8 Å². The van der Waals surface area contributed by atoms with Gasteiger partial charge in [0.2, 0.25) is 0 Å². The summed E-state index contributed by atoms with van der Waals surface area (Å²) in [5.41, 5.74) is 12.0. The van der Waals surface area contributed by atoms with E-state index in [0.717, 1.165) is 44.6 Å². The van der Waals surface area contributed by atoms with Crippen LogP contribution in [0.5, 0.6) is 0 Å². The number of ether oxygens (including phenoxy) is 3. The Kier molecular flexibility index (Phi) is 12.9. The number of aromatic nitrogens is 2. The van der Waals surface area contributed by atoms with Gasteiger partial charge in [-0.25, -0.2) is 23.2 Å². The molecule has 2 aliphatic heterocycles. The summed E-state index contributed by atoms with van der Waals surface area (Å²) in [6.45, 7) is 9.68. The average molecular weight is 839 g/mol. The Balaban J connectivity index is 0.000000188. The monoisotopic (exact) mass is 838 g/mol. The third-order valence-electron chi connectivity index (χ3n) is 11.1. The van der Waals surface area contributed by atoms with Crippen molar-refractivity contribution in [2.45, 2.75) is 65.7 Å². The van der Waals surface area contributed by atoms with Crippen molar-refractivity contribution >= 4 is 18.0 Å². The van der Waals surface area contributed by atoms with Gasteiger partial charge >= 0.3 is 18.0 Å². The third-order valence-corrected chi connectivity index (χ3v) is 11.1. The Morgan fingerprint density at radius 2 is 1.03 bits per heavy atom. The van der Waals surface area contributed by atoms with Crippen molar-refractivity contribution in [3.05, 3.63) is 153 Å². The van der Waals surface area contributed by atoms with Gasteiger partial charge in [0.05, 0.1) is 68.3 Å². The van der Waals surface area contributed by atoms with Crippen LogP contribution >= 0.6 is 0 Å². The van der Waals surface area contributed by atoms with E-state index in [4.69, 9.17) is 24.2 Å². The van der Waals surface area contributed by atoms with E-state index in [9.17, 15) is 23.2 Å².